The summed E-state index contributed by atoms with van der Waals surface area (Å²) in [5.74, 6) is 0.858. The van der Waals surface area contributed by atoms with Gasteiger partial charge in [0.05, 0.1) is 11.3 Å². The molecule has 1 aromatic carbocycles. The van der Waals surface area contributed by atoms with Crippen LogP contribution >= 0.6 is 11.8 Å². The van der Waals surface area contributed by atoms with Gasteiger partial charge in [-0.25, -0.2) is 4.39 Å². The molecule has 0 radical (unpaired) electrons. The molecule has 0 bridgehead atoms. The number of aromatic nitrogens is 3. The summed E-state index contributed by atoms with van der Waals surface area (Å²) < 4.78 is 16.1. The van der Waals surface area contributed by atoms with Crippen molar-refractivity contribution in [2.24, 2.45) is 5.92 Å². The van der Waals surface area contributed by atoms with Crippen molar-refractivity contribution in [3.05, 3.63) is 30.1 Å². The Morgan fingerprint density at radius 2 is 2.04 bits per heavy atom. The highest BCUT2D eigenvalue weighted by molar-refractivity contribution is 7.99. The zero-order valence-electron chi connectivity index (χ0n) is 15.2. The molecule has 1 N–H and O–H groups in total. The van der Waals surface area contributed by atoms with E-state index in [0.29, 0.717) is 40.8 Å². The fourth-order valence-electron chi connectivity index (χ4n) is 3.24. The van der Waals surface area contributed by atoms with Crippen molar-refractivity contribution < 1.29 is 9.18 Å². The molecule has 1 saturated carbocycles. The first-order valence-corrected chi connectivity index (χ1v) is 10.1. The lowest BCUT2D eigenvalue weighted by atomic mass is 10.2. The first-order valence-electron chi connectivity index (χ1n) is 9.15. The molecule has 1 fully saturated rings. The topological polar surface area (TPSA) is 59.8 Å². The molecule has 1 aliphatic rings. The first kappa shape index (κ1) is 18.9. The molecule has 1 aromatic heterocycles. The van der Waals surface area contributed by atoms with E-state index < -0.39 is 0 Å². The summed E-state index contributed by atoms with van der Waals surface area (Å²) in [6.07, 6.45) is 4.51. The highest BCUT2D eigenvalue weighted by Gasteiger charge is 2.20. The summed E-state index contributed by atoms with van der Waals surface area (Å²) in [7, 11) is 0. The molecule has 2 aromatic rings. The number of thioether (sulfide) groups is 1. The van der Waals surface area contributed by atoms with Crippen LogP contribution in [0, 0.1) is 11.7 Å². The van der Waals surface area contributed by atoms with Crippen LogP contribution in [0.1, 0.15) is 39.5 Å². The predicted molar refractivity (Wildman–Crippen MR) is 101 cm³/mol. The van der Waals surface area contributed by atoms with E-state index >= 15 is 0 Å². The molecular weight excluding hydrogens is 351 g/mol. The SMILES string of the molecule is CC(C)Cn1c(SCC(=O)NC2CCCC2)nnc1-c1ccccc1F. The average Bonchev–Trinajstić information content (AvgIpc) is 3.23. The van der Waals surface area contributed by atoms with Crippen molar-refractivity contribution in [1.29, 1.82) is 0 Å². The van der Waals surface area contributed by atoms with Gasteiger partial charge in [-0.2, -0.15) is 0 Å². The normalized spacial score (nSPS) is 14.9. The van der Waals surface area contributed by atoms with Crippen LogP contribution in [0.15, 0.2) is 29.4 Å². The summed E-state index contributed by atoms with van der Waals surface area (Å²) in [5, 5.41) is 12.2. The van der Waals surface area contributed by atoms with Crippen molar-refractivity contribution in [2.45, 2.75) is 57.3 Å². The van der Waals surface area contributed by atoms with Crippen LogP contribution in [0.3, 0.4) is 0 Å². The molecule has 26 heavy (non-hydrogen) atoms. The number of halogens is 1. The largest absolute Gasteiger partial charge is 0.353 e. The Kier molecular flexibility index (Phi) is 6.29. The van der Waals surface area contributed by atoms with Crippen molar-refractivity contribution in [3.63, 3.8) is 0 Å². The summed E-state index contributed by atoms with van der Waals surface area (Å²) in [6, 6.07) is 6.88. The number of benzene rings is 1. The second-order valence-electron chi connectivity index (χ2n) is 7.13. The highest BCUT2D eigenvalue weighted by atomic mass is 32.2. The molecule has 7 heteroatoms. The van der Waals surface area contributed by atoms with Gasteiger partial charge in [0.1, 0.15) is 5.82 Å². The van der Waals surface area contributed by atoms with Crippen LogP contribution in [-0.2, 0) is 11.3 Å². The third kappa shape index (κ3) is 4.63. The van der Waals surface area contributed by atoms with E-state index in [1.165, 1.54) is 30.7 Å². The Hall–Kier alpha value is -1.89. The smallest absolute Gasteiger partial charge is 0.230 e. The highest BCUT2D eigenvalue weighted by Crippen LogP contribution is 2.27. The Balaban J connectivity index is 1.74. The van der Waals surface area contributed by atoms with Crippen LogP contribution in [0.5, 0.6) is 0 Å². The minimum absolute atomic E-state index is 0.0217. The second-order valence-corrected chi connectivity index (χ2v) is 8.07. The minimum atomic E-state index is -0.319. The molecule has 0 spiro atoms. The van der Waals surface area contributed by atoms with E-state index in [2.05, 4.69) is 29.4 Å². The van der Waals surface area contributed by atoms with Gasteiger partial charge in [0, 0.05) is 12.6 Å². The first-order chi connectivity index (χ1) is 12.5. The molecular formula is C19H25FN4OS. The maximum Gasteiger partial charge on any atom is 0.230 e. The Morgan fingerprint density at radius 1 is 1.31 bits per heavy atom. The van der Waals surface area contributed by atoms with Gasteiger partial charge in [-0.15, -0.1) is 10.2 Å². The van der Waals surface area contributed by atoms with Gasteiger partial charge < -0.3 is 9.88 Å². The zero-order valence-corrected chi connectivity index (χ0v) is 16.1. The number of nitrogens with one attached hydrogen (secondary N) is 1. The van der Waals surface area contributed by atoms with Crippen LogP contribution in [0.4, 0.5) is 4.39 Å². The van der Waals surface area contributed by atoms with E-state index in [1.807, 2.05) is 4.57 Å². The molecule has 0 atom stereocenters. The van der Waals surface area contributed by atoms with E-state index in [0.717, 1.165) is 12.8 Å². The second kappa shape index (κ2) is 8.66. The van der Waals surface area contributed by atoms with E-state index in [4.69, 9.17) is 0 Å². The molecule has 5 nitrogen and oxygen atoms in total. The van der Waals surface area contributed by atoms with Gasteiger partial charge in [0.2, 0.25) is 5.91 Å². The van der Waals surface area contributed by atoms with E-state index in [-0.39, 0.29) is 11.7 Å². The summed E-state index contributed by atoms with van der Waals surface area (Å²) in [6.45, 7) is 4.85. The van der Waals surface area contributed by atoms with E-state index in [9.17, 15) is 9.18 Å². The monoisotopic (exact) mass is 376 g/mol. The number of carbonyl (C=O) groups excluding carboxylic acids is 1. The number of nitrogens with zero attached hydrogens (tertiary/aromatic N) is 3. The Labute approximate surface area is 157 Å². The third-order valence-corrected chi connectivity index (χ3v) is 5.40. The van der Waals surface area contributed by atoms with Crippen molar-refractivity contribution in [3.8, 4) is 11.4 Å². The molecule has 3 rings (SSSR count). The minimum Gasteiger partial charge on any atom is -0.353 e. The fourth-order valence-corrected chi connectivity index (χ4v) is 4.00. The molecule has 1 heterocycles. The summed E-state index contributed by atoms with van der Waals surface area (Å²) >= 11 is 1.36. The molecule has 1 amide bonds. The maximum absolute atomic E-state index is 14.2. The quantitative estimate of drug-likeness (QED) is 0.745. The summed E-state index contributed by atoms with van der Waals surface area (Å²) in [5.41, 5.74) is 0.433. The van der Waals surface area contributed by atoms with Gasteiger partial charge >= 0.3 is 0 Å². The Morgan fingerprint density at radius 3 is 2.73 bits per heavy atom. The number of rotatable bonds is 7. The van der Waals surface area contributed by atoms with Gasteiger partial charge in [-0.1, -0.05) is 50.6 Å². The van der Waals surface area contributed by atoms with Crippen molar-refractivity contribution in [1.82, 2.24) is 20.1 Å². The van der Waals surface area contributed by atoms with Gasteiger partial charge in [-0.05, 0) is 30.9 Å². The molecule has 0 unspecified atom stereocenters. The summed E-state index contributed by atoms with van der Waals surface area (Å²) in [4.78, 5) is 12.2. The lowest BCUT2D eigenvalue weighted by Crippen LogP contribution is -2.33. The van der Waals surface area contributed by atoms with Crippen molar-refractivity contribution >= 4 is 17.7 Å². The maximum atomic E-state index is 14.2. The predicted octanol–water partition coefficient (Wildman–Crippen LogP) is 3.89. The lowest BCUT2D eigenvalue weighted by molar-refractivity contribution is -0.119. The standard InChI is InChI=1S/C19H25FN4OS/c1-13(2)11-24-18(15-9-5-6-10-16(15)20)22-23-19(24)26-12-17(25)21-14-7-3-4-8-14/h5-6,9-10,13-14H,3-4,7-8,11-12H2,1-2H3,(H,21,25). The van der Waals surface area contributed by atoms with Crippen LogP contribution in [0.2, 0.25) is 0 Å². The average molecular weight is 377 g/mol. The zero-order chi connectivity index (χ0) is 18.5. The number of carbonyl (C=O) groups is 1. The van der Waals surface area contributed by atoms with Gasteiger partial charge in [0.15, 0.2) is 11.0 Å². The molecule has 0 aliphatic heterocycles. The third-order valence-electron chi connectivity index (χ3n) is 4.43. The Bertz CT molecular complexity index is 756. The lowest BCUT2D eigenvalue weighted by Gasteiger charge is -2.14. The van der Waals surface area contributed by atoms with Crippen molar-refractivity contribution in [2.75, 3.05) is 5.75 Å². The van der Waals surface area contributed by atoms with Gasteiger partial charge in [-0.3, -0.25) is 4.79 Å². The molecule has 140 valence electrons. The van der Waals surface area contributed by atoms with E-state index in [1.54, 1.807) is 18.2 Å². The molecule has 0 saturated heterocycles. The fraction of sp³-hybridized carbons (Fsp3) is 0.526. The number of hydrogen-bond acceptors (Lipinski definition) is 4. The number of amides is 1. The van der Waals surface area contributed by atoms with Crippen LogP contribution in [-0.4, -0.2) is 32.5 Å². The van der Waals surface area contributed by atoms with Crippen LogP contribution in [0.25, 0.3) is 11.4 Å². The van der Waals surface area contributed by atoms with Crippen LogP contribution < -0.4 is 5.32 Å². The number of hydrogen-bond donors (Lipinski definition) is 1. The van der Waals surface area contributed by atoms with Gasteiger partial charge in [0.25, 0.3) is 0 Å². The molecule has 1 aliphatic carbocycles.